The molecule has 0 aliphatic carbocycles. The lowest BCUT2D eigenvalue weighted by molar-refractivity contribution is -0.385. The average Bonchev–Trinajstić information content (AvgIpc) is 3.31. The van der Waals surface area contributed by atoms with E-state index in [2.05, 4.69) is 0 Å². The third kappa shape index (κ3) is 5.03. The van der Waals surface area contributed by atoms with Crippen molar-refractivity contribution >= 4 is 39.8 Å². The Morgan fingerprint density at radius 2 is 1.84 bits per heavy atom. The van der Waals surface area contributed by atoms with Gasteiger partial charge in [-0.25, -0.2) is 4.99 Å². The van der Waals surface area contributed by atoms with E-state index in [1.165, 1.54) is 30.9 Å². The Balaban J connectivity index is 1.86. The van der Waals surface area contributed by atoms with Crippen molar-refractivity contribution in [3.63, 3.8) is 0 Å². The van der Waals surface area contributed by atoms with E-state index >= 15 is 0 Å². The maximum atomic E-state index is 14.3. The quantitative estimate of drug-likeness (QED) is 0.239. The van der Waals surface area contributed by atoms with E-state index in [0.29, 0.717) is 40.5 Å². The highest BCUT2D eigenvalue weighted by Crippen LogP contribution is 2.41. The van der Waals surface area contributed by atoms with Crippen LogP contribution in [-0.2, 0) is 4.79 Å². The first-order valence-corrected chi connectivity index (χ1v) is 14.4. The number of fused-ring (bicyclic) bond motifs is 2. The Morgan fingerprint density at radius 3 is 2.49 bits per heavy atom. The van der Waals surface area contributed by atoms with Crippen LogP contribution >= 0.6 is 11.3 Å². The predicted octanol–water partition coefficient (Wildman–Crippen LogP) is 3.89. The molecule has 3 aromatic carbocycles. The summed E-state index contributed by atoms with van der Waals surface area (Å²) in [5.41, 5.74) is 0.686. The first-order valence-electron chi connectivity index (χ1n) is 13.6. The van der Waals surface area contributed by atoms with Gasteiger partial charge in [0.2, 0.25) is 0 Å². The standard InChI is InChI=1S/C31H30N4O7S/c1-6-33(7-2)30(38)25-17(3)32-31-34(27(25)26-21-11-9-8-10-18(21)12-13-22(26)41-4)29(37)24(43-31)15-19-14-20(35(39)40)16-23(42-5)28(19)36/h8-16,27,36H,6-7H2,1-5H3/b24-15-/t27-/m0/s1. The molecule has 1 aromatic heterocycles. The number of allylic oxidation sites excluding steroid dienone is 1. The summed E-state index contributed by atoms with van der Waals surface area (Å²) >= 11 is 1.05. The molecule has 4 aromatic rings. The number of phenolic OH excluding ortho intramolecular Hbond substituents is 1. The number of phenols is 1. The number of nitro benzene ring substituents is 1. The van der Waals surface area contributed by atoms with Gasteiger partial charge in [0.1, 0.15) is 11.8 Å². The van der Waals surface area contributed by atoms with Crippen molar-refractivity contribution in [1.29, 1.82) is 0 Å². The number of nitro groups is 1. The molecule has 0 saturated carbocycles. The zero-order chi connectivity index (χ0) is 31.0. The van der Waals surface area contributed by atoms with Crippen LogP contribution in [0.5, 0.6) is 17.2 Å². The second-order valence-corrected chi connectivity index (χ2v) is 10.8. The van der Waals surface area contributed by atoms with Gasteiger partial charge in [-0.1, -0.05) is 41.7 Å². The van der Waals surface area contributed by atoms with E-state index < -0.39 is 16.5 Å². The van der Waals surface area contributed by atoms with E-state index in [0.717, 1.165) is 28.2 Å². The molecule has 1 aliphatic heterocycles. The fourth-order valence-corrected chi connectivity index (χ4v) is 6.45. The summed E-state index contributed by atoms with van der Waals surface area (Å²) in [5.74, 6) is -0.199. The molecule has 1 atom stereocenters. The number of aromatic hydroxyl groups is 1. The lowest BCUT2D eigenvalue weighted by Crippen LogP contribution is -2.43. The summed E-state index contributed by atoms with van der Waals surface area (Å²) in [6.45, 7) is 6.45. The Hall–Kier alpha value is -4.97. The first kappa shape index (κ1) is 29.5. The zero-order valence-electron chi connectivity index (χ0n) is 24.3. The van der Waals surface area contributed by atoms with Gasteiger partial charge in [-0.2, -0.15) is 0 Å². The molecule has 0 unspecified atom stereocenters. The number of hydrogen-bond acceptors (Lipinski definition) is 9. The molecule has 5 rings (SSSR count). The molecule has 0 fully saturated rings. The van der Waals surface area contributed by atoms with Crippen LogP contribution in [0.2, 0.25) is 0 Å². The number of methoxy groups -OCH3 is 2. The van der Waals surface area contributed by atoms with E-state index in [-0.39, 0.29) is 33.2 Å². The third-order valence-corrected chi connectivity index (χ3v) is 8.52. The van der Waals surface area contributed by atoms with Crippen LogP contribution in [0, 0.1) is 10.1 Å². The number of non-ortho nitro benzene ring substituents is 1. The van der Waals surface area contributed by atoms with Gasteiger partial charge in [-0.3, -0.25) is 24.3 Å². The second kappa shape index (κ2) is 11.7. The Kier molecular flexibility index (Phi) is 8.05. The predicted molar refractivity (Wildman–Crippen MR) is 164 cm³/mol. The minimum atomic E-state index is -0.888. The van der Waals surface area contributed by atoms with Gasteiger partial charge in [0.05, 0.1) is 41.0 Å². The highest BCUT2D eigenvalue weighted by atomic mass is 32.1. The Labute approximate surface area is 250 Å². The number of carbonyl (C=O) groups excluding carboxylic acids is 1. The van der Waals surface area contributed by atoms with Crippen molar-refractivity contribution in [2.75, 3.05) is 27.3 Å². The molecule has 222 valence electrons. The fraction of sp³-hybridized carbons (Fsp3) is 0.258. The van der Waals surface area contributed by atoms with E-state index in [9.17, 15) is 24.8 Å². The molecule has 0 radical (unpaired) electrons. The van der Waals surface area contributed by atoms with Gasteiger partial charge in [0, 0.05) is 30.3 Å². The first-order chi connectivity index (χ1) is 20.6. The lowest BCUT2D eigenvalue weighted by atomic mass is 9.90. The lowest BCUT2D eigenvalue weighted by Gasteiger charge is -2.30. The topological polar surface area (TPSA) is 136 Å². The van der Waals surface area contributed by atoms with Crippen LogP contribution in [0.3, 0.4) is 0 Å². The van der Waals surface area contributed by atoms with Crippen LogP contribution in [0.1, 0.15) is 37.9 Å². The van der Waals surface area contributed by atoms with Gasteiger partial charge < -0.3 is 19.5 Å². The van der Waals surface area contributed by atoms with Crippen LogP contribution < -0.4 is 24.4 Å². The molecular weight excluding hydrogens is 572 g/mol. The van der Waals surface area contributed by atoms with Gasteiger partial charge in [0.25, 0.3) is 17.2 Å². The molecule has 43 heavy (non-hydrogen) atoms. The van der Waals surface area contributed by atoms with Crippen LogP contribution in [0.15, 0.2) is 69.6 Å². The number of hydrogen-bond donors (Lipinski definition) is 1. The summed E-state index contributed by atoms with van der Waals surface area (Å²) < 4.78 is 12.6. The van der Waals surface area contributed by atoms with Crippen molar-refractivity contribution in [3.05, 3.63) is 101 Å². The Morgan fingerprint density at radius 1 is 1.14 bits per heavy atom. The molecule has 12 heteroatoms. The van der Waals surface area contributed by atoms with Gasteiger partial charge in [0.15, 0.2) is 16.3 Å². The number of rotatable bonds is 8. The summed E-state index contributed by atoms with van der Waals surface area (Å²) in [4.78, 5) is 46.0. The van der Waals surface area contributed by atoms with Crippen molar-refractivity contribution in [1.82, 2.24) is 9.47 Å². The summed E-state index contributed by atoms with van der Waals surface area (Å²) in [6, 6.07) is 12.8. The number of thiazole rings is 1. The minimum absolute atomic E-state index is 0.0331. The number of benzene rings is 3. The van der Waals surface area contributed by atoms with Crippen molar-refractivity contribution in [2.24, 2.45) is 4.99 Å². The number of ether oxygens (including phenoxy) is 2. The maximum Gasteiger partial charge on any atom is 0.274 e. The van der Waals surface area contributed by atoms with Gasteiger partial charge in [-0.15, -0.1) is 0 Å². The van der Waals surface area contributed by atoms with E-state index in [1.54, 1.807) is 11.8 Å². The highest BCUT2D eigenvalue weighted by molar-refractivity contribution is 7.07. The number of carbonyl (C=O) groups is 1. The smallest absolute Gasteiger partial charge is 0.274 e. The van der Waals surface area contributed by atoms with Gasteiger partial charge in [-0.05, 0) is 43.7 Å². The average molecular weight is 603 g/mol. The van der Waals surface area contributed by atoms with E-state index in [4.69, 9.17) is 14.5 Å². The van der Waals surface area contributed by atoms with Gasteiger partial charge >= 0.3 is 0 Å². The number of nitrogens with zero attached hydrogens (tertiary/aromatic N) is 4. The number of aromatic nitrogens is 1. The molecule has 1 aliphatic rings. The summed E-state index contributed by atoms with van der Waals surface area (Å²) in [7, 11) is 2.82. The SMILES string of the molecule is CCN(CC)C(=O)C1=C(C)N=c2s/c(=C\c3cc([N+](=O)[O-])cc(OC)c3O)c(=O)n2[C@@H]1c1c(OC)ccc2ccccc12. The summed E-state index contributed by atoms with van der Waals surface area (Å²) in [6.07, 6.45) is 1.37. The molecule has 0 saturated heterocycles. The zero-order valence-corrected chi connectivity index (χ0v) is 25.1. The largest absolute Gasteiger partial charge is 0.504 e. The van der Waals surface area contributed by atoms with Crippen LogP contribution in [0.25, 0.3) is 16.8 Å². The normalized spacial score (nSPS) is 14.8. The molecular formula is C31H30N4O7S. The summed E-state index contributed by atoms with van der Waals surface area (Å²) in [5, 5.41) is 24.0. The van der Waals surface area contributed by atoms with Crippen LogP contribution in [0.4, 0.5) is 5.69 Å². The second-order valence-electron chi connectivity index (χ2n) is 9.80. The molecule has 0 spiro atoms. The molecule has 0 bridgehead atoms. The number of likely N-dealkylation sites (N-methyl/N-ethyl adjacent to an activating group) is 1. The third-order valence-electron chi connectivity index (χ3n) is 7.53. The maximum absolute atomic E-state index is 14.3. The van der Waals surface area contributed by atoms with Crippen molar-refractivity contribution in [3.8, 4) is 17.2 Å². The molecule has 2 heterocycles. The number of amides is 1. The minimum Gasteiger partial charge on any atom is -0.504 e. The molecule has 11 nitrogen and oxygen atoms in total. The van der Waals surface area contributed by atoms with Crippen molar-refractivity contribution < 1.29 is 24.3 Å². The Bertz CT molecular complexity index is 1990. The fourth-order valence-electron chi connectivity index (χ4n) is 5.41. The molecule has 1 amide bonds. The monoisotopic (exact) mass is 602 g/mol. The van der Waals surface area contributed by atoms with E-state index in [1.807, 2.05) is 50.2 Å². The molecule has 1 N–H and O–H groups in total. The van der Waals surface area contributed by atoms with Crippen molar-refractivity contribution in [2.45, 2.75) is 26.8 Å². The van der Waals surface area contributed by atoms with Crippen LogP contribution in [-0.4, -0.2) is 52.7 Å². The highest BCUT2D eigenvalue weighted by Gasteiger charge is 2.36.